The topological polar surface area (TPSA) is 81.2 Å². The van der Waals surface area contributed by atoms with Crippen LogP contribution in [0.15, 0.2) is 36.5 Å². The average molecular weight is 271 g/mol. The van der Waals surface area contributed by atoms with Crippen molar-refractivity contribution in [3.8, 4) is 0 Å². The molecular weight excluding hydrogens is 258 g/mol. The van der Waals surface area contributed by atoms with Gasteiger partial charge in [-0.3, -0.25) is 4.79 Å². The van der Waals surface area contributed by atoms with Gasteiger partial charge in [0, 0.05) is 6.20 Å². The summed E-state index contributed by atoms with van der Waals surface area (Å²) in [5, 5.41) is 2.62. The molecule has 0 bridgehead atoms. The second kappa shape index (κ2) is 5.92. The summed E-state index contributed by atoms with van der Waals surface area (Å²) >= 11 is 0. The Morgan fingerprint density at radius 3 is 2.65 bits per heavy atom. The number of amides is 1. The van der Waals surface area contributed by atoms with Crippen molar-refractivity contribution in [3.05, 3.63) is 53.5 Å². The summed E-state index contributed by atoms with van der Waals surface area (Å²) in [6, 6.07) is 8.12. The summed E-state index contributed by atoms with van der Waals surface area (Å²) in [5.74, 6) is -0.595. The molecule has 6 heteroatoms. The van der Waals surface area contributed by atoms with Crippen molar-refractivity contribution in [1.29, 1.82) is 0 Å². The van der Waals surface area contributed by atoms with Crippen molar-refractivity contribution in [2.45, 2.75) is 6.92 Å². The quantitative estimate of drug-likeness (QED) is 0.861. The lowest BCUT2D eigenvalue weighted by Crippen LogP contribution is -2.16. The lowest BCUT2D eigenvalue weighted by Gasteiger charge is -2.05. The Morgan fingerprint density at radius 1 is 1.20 bits per heavy atom. The minimum Gasteiger partial charge on any atom is -0.464 e. The first kappa shape index (κ1) is 13.7. The molecule has 2 rings (SSSR count). The van der Waals surface area contributed by atoms with Gasteiger partial charge in [0.15, 0.2) is 0 Å². The number of nitrogens with zero attached hydrogens (tertiary/aromatic N) is 2. The summed E-state index contributed by atoms with van der Waals surface area (Å²) in [7, 11) is 1.26. The van der Waals surface area contributed by atoms with Crippen molar-refractivity contribution in [2.75, 3.05) is 12.4 Å². The molecule has 0 aromatic carbocycles. The molecule has 0 saturated heterocycles. The minimum absolute atomic E-state index is 0.0809. The summed E-state index contributed by atoms with van der Waals surface area (Å²) in [4.78, 5) is 31.4. The van der Waals surface area contributed by atoms with Gasteiger partial charge >= 0.3 is 5.97 Å². The molecule has 2 aromatic rings. The van der Waals surface area contributed by atoms with Crippen LogP contribution in [0.2, 0.25) is 0 Å². The number of carbonyl (C=O) groups is 2. The fraction of sp³-hybridized carbons (Fsp3) is 0.143. The van der Waals surface area contributed by atoms with Gasteiger partial charge in [-0.15, -0.1) is 0 Å². The smallest absolute Gasteiger partial charge is 0.356 e. The number of anilines is 1. The average Bonchev–Trinajstić information content (AvgIpc) is 2.46. The van der Waals surface area contributed by atoms with E-state index in [1.807, 2.05) is 13.0 Å². The zero-order valence-corrected chi connectivity index (χ0v) is 11.1. The lowest BCUT2D eigenvalue weighted by molar-refractivity contribution is 0.0594. The number of esters is 1. The number of hydrogen-bond acceptors (Lipinski definition) is 5. The van der Waals surface area contributed by atoms with Crippen LogP contribution in [0, 0.1) is 6.92 Å². The number of pyridine rings is 2. The zero-order chi connectivity index (χ0) is 14.5. The van der Waals surface area contributed by atoms with Gasteiger partial charge < -0.3 is 10.1 Å². The molecule has 6 nitrogen and oxygen atoms in total. The predicted molar refractivity (Wildman–Crippen MR) is 72.5 cm³/mol. The van der Waals surface area contributed by atoms with Crippen LogP contribution in [0.1, 0.15) is 26.5 Å². The molecule has 20 heavy (non-hydrogen) atoms. The molecule has 2 heterocycles. The molecule has 2 aromatic heterocycles. The Labute approximate surface area is 115 Å². The van der Waals surface area contributed by atoms with Crippen LogP contribution in [0.3, 0.4) is 0 Å². The van der Waals surface area contributed by atoms with Gasteiger partial charge in [-0.25, -0.2) is 14.8 Å². The van der Waals surface area contributed by atoms with Gasteiger partial charge in [-0.1, -0.05) is 6.07 Å². The van der Waals surface area contributed by atoms with Crippen LogP contribution in [-0.2, 0) is 4.74 Å². The minimum atomic E-state index is -0.590. The van der Waals surface area contributed by atoms with Crippen LogP contribution in [0.25, 0.3) is 0 Å². The third kappa shape index (κ3) is 3.17. The van der Waals surface area contributed by atoms with Gasteiger partial charge in [0.2, 0.25) is 0 Å². The molecule has 0 aliphatic rings. The van der Waals surface area contributed by atoms with Crippen molar-refractivity contribution < 1.29 is 14.3 Å². The molecule has 0 atom stereocenters. The fourth-order valence-electron chi connectivity index (χ4n) is 1.56. The van der Waals surface area contributed by atoms with Gasteiger partial charge in [0.1, 0.15) is 17.2 Å². The van der Waals surface area contributed by atoms with Gasteiger partial charge in [-0.2, -0.15) is 0 Å². The second-order valence-corrected chi connectivity index (χ2v) is 4.07. The second-order valence-electron chi connectivity index (χ2n) is 4.07. The first-order chi connectivity index (χ1) is 9.60. The van der Waals surface area contributed by atoms with Gasteiger partial charge in [0.05, 0.1) is 7.11 Å². The third-order valence-electron chi connectivity index (χ3n) is 2.53. The van der Waals surface area contributed by atoms with E-state index in [9.17, 15) is 9.59 Å². The Bertz CT molecular complexity index is 656. The zero-order valence-electron chi connectivity index (χ0n) is 11.1. The van der Waals surface area contributed by atoms with Crippen molar-refractivity contribution in [3.63, 3.8) is 0 Å². The van der Waals surface area contributed by atoms with E-state index in [4.69, 9.17) is 0 Å². The van der Waals surface area contributed by atoms with Gasteiger partial charge in [0.25, 0.3) is 5.91 Å². The SMILES string of the molecule is COC(=O)c1cccc(C(=O)Nc2cc(C)ccn2)n1. The van der Waals surface area contributed by atoms with Gasteiger partial charge in [-0.05, 0) is 36.8 Å². The summed E-state index contributed by atoms with van der Waals surface area (Å²) < 4.78 is 4.56. The Balaban J connectivity index is 2.19. The van der Waals surface area contributed by atoms with Crippen molar-refractivity contribution in [2.24, 2.45) is 0 Å². The molecule has 0 unspecified atom stereocenters. The maximum Gasteiger partial charge on any atom is 0.356 e. The predicted octanol–water partition coefficient (Wildman–Crippen LogP) is 1.82. The molecule has 0 aliphatic carbocycles. The van der Waals surface area contributed by atoms with E-state index >= 15 is 0 Å². The fourth-order valence-corrected chi connectivity index (χ4v) is 1.56. The maximum absolute atomic E-state index is 12.0. The molecule has 1 N–H and O–H groups in total. The molecule has 1 amide bonds. The number of aromatic nitrogens is 2. The van der Waals surface area contributed by atoms with Crippen LogP contribution < -0.4 is 5.32 Å². The highest BCUT2D eigenvalue weighted by atomic mass is 16.5. The van der Waals surface area contributed by atoms with Crippen LogP contribution in [0.4, 0.5) is 5.82 Å². The van der Waals surface area contributed by atoms with Crippen LogP contribution in [0.5, 0.6) is 0 Å². The highest BCUT2D eigenvalue weighted by Crippen LogP contribution is 2.08. The Kier molecular flexibility index (Phi) is 4.05. The Morgan fingerprint density at radius 2 is 1.95 bits per heavy atom. The number of carbonyl (C=O) groups excluding carboxylic acids is 2. The van der Waals surface area contributed by atoms with E-state index in [1.54, 1.807) is 18.3 Å². The standard InChI is InChI=1S/C14H13N3O3/c1-9-6-7-15-12(8-9)17-13(18)10-4-3-5-11(16-10)14(19)20-2/h3-8H,1-2H3,(H,15,17,18). The highest BCUT2D eigenvalue weighted by Gasteiger charge is 2.12. The number of ether oxygens (including phenoxy) is 1. The highest BCUT2D eigenvalue weighted by molar-refractivity contribution is 6.03. The van der Waals surface area contributed by atoms with E-state index in [0.29, 0.717) is 5.82 Å². The molecular formula is C14H13N3O3. The van der Waals surface area contributed by atoms with E-state index in [0.717, 1.165) is 5.56 Å². The summed E-state index contributed by atoms with van der Waals surface area (Å²) in [5.41, 5.74) is 1.18. The monoisotopic (exact) mass is 271 g/mol. The van der Waals surface area contributed by atoms with Crippen LogP contribution in [-0.4, -0.2) is 29.0 Å². The molecule has 0 saturated carbocycles. The molecule has 0 radical (unpaired) electrons. The van der Waals surface area contributed by atoms with E-state index in [-0.39, 0.29) is 11.4 Å². The first-order valence-corrected chi connectivity index (χ1v) is 5.89. The number of hydrogen-bond donors (Lipinski definition) is 1. The largest absolute Gasteiger partial charge is 0.464 e. The molecule has 0 aliphatic heterocycles. The van der Waals surface area contributed by atoms with E-state index in [2.05, 4.69) is 20.0 Å². The summed E-state index contributed by atoms with van der Waals surface area (Å²) in [6.45, 7) is 1.90. The van der Waals surface area contributed by atoms with Crippen LogP contribution >= 0.6 is 0 Å². The Hall–Kier alpha value is -2.76. The van der Waals surface area contributed by atoms with E-state index < -0.39 is 11.9 Å². The number of aryl methyl sites for hydroxylation is 1. The third-order valence-corrected chi connectivity index (χ3v) is 2.53. The molecule has 102 valence electrons. The number of methoxy groups -OCH3 is 1. The lowest BCUT2D eigenvalue weighted by atomic mass is 10.2. The maximum atomic E-state index is 12.0. The number of nitrogens with one attached hydrogen (secondary N) is 1. The summed E-state index contributed by atoms with van der Waals surface area (Å²) in [6.07, 6.45) is 1.60. The van der Waals surface area contributed by atoms with Crippen molar-refractivity contribution in [1.82, 2.24) is 9.97 Å². The first-order valence-electron chi connectivity index (χ1n) is 5.89. The molecule has 0 spiro atoms. The van der Waals surface area contributed by atoms with Crippen molar-refractivity contribution >= 4 is 17.7 Å². The number of rotatable bonds is 3. The normalized spacial score (nSPS) is 9.90. The van der Waals surface area contributed by atoms with E-state index in [1.165, 1.54) is 19.2 Å². The molecule has 0 fully saturated rings.